The summed E-state index contributed by atoms with van der Waals surface area (Å²) in [6, 6.07) is 3.65. The molecule has 0 bridgehead atoms. The number of rotatable bonds is 5. The minimum atomic E-state index is 0.0586. The molecule has 0 spiro atoms. The van der Waals surface area contributed by atoms with Crippen LogP contribution in [0.15, 0.2) is 12.1 Å². The van der Waals surface area contributed by atoms with Gasteiger partial charge in [-0.05, 0) is 26.0 Å². The number of aryl methyl sites for hydroxylation is 1. The van der Waals surface area contributed by atoms with Crippen molar-refractivity contribution in [1.82, 2.24) is 14.8 Å². The first kappa shape index (κ1) is 15.7. The van der Waals surface area contributed by atoms with Crippen LogP contribution in [0.1, 0.15) is 23.0 Å². The van der Waals surface area contributed by atoms with E-state index in [4.69, 9.17) is 5.11 Å². The minimum Gasteiger partial charge on any atom is -0.395 e. The highest BCUT2D eigenvalue weighted by atomic mass is 16.3. The molecule has 0 aromatic carbocycles. The number of piperazine rings is 1. The van der Waals surface area contributed by atoms with Crippen molar-refractivity contribution < 1.29 is 9.90 Å². The van der Waals surface area contributed by atoms with E-state index in [9.17, 15) is 4.79 Å². The summed E-state index contributed by atoms with van der Waals surface area (Å²) in [5.74, 6) is 0.808. The molecule has 1 aliphatic heterocycles. The van der Waals surface area contributed by atoms with Gasteiger partial charge in [0.1, 0.15) is 5.82 Å². The molecule has 1 aromatic heterocycles. The number of hydrogen-bond acceptors (Lipinski definition) is 5. The molecule has 0 atom stereocenters. The highest BCUT2D eigenvalue weighted by Crippen LogP contribution is 2.14. The van der Waals surface area contributed by atoms with Gasteiger partial charge < -0.3 is 15.3 Å². The number of β-amino-alcohol motifs (C(OH)–C–C–N with tert-alkyl or cyclic N) is 1. The molecule has 6 nitrogen and oxygen atoms in total. The topological polar surface area (TPSA) is 68.7 Å². The largest absolute Gasteiger partial charge is 0.395 e. The molecule has 116 valence electrons. The molecule has 1 fully saturated rings. The molecule has 6 heteroatoms. The van der Waals surface area contributed by atoms with Gasteiger partial charge in [0.2, 0.25) is 0 Å². The Hall–Kier alpha value is -1.66. The Bertz CT molecular complexity index is 485. The second-order valence-corrected chi connectivity index (χ2v) is 5.27. The molecule has 0 aliphatic carbocycles. The third-order valence-electron chi connectivity index (χ3n) is 3.63. The number of hydrogen-bond donors (Lipinski definition) is 2. The minimum absolute atomic E-state index is 0.0586. The Labute approximate surface area is 125 Å². The van der Waals surface area contributed by atoms with Crippen LogP contribution in [-0.4, -0.2) is 71.7 Å². The summed E-state index contributed by atoms with van der Waals surface area (Å²) < 4.78 is 0. The molecule has 0 radical (unpaired) electrons. The summed E-state index contributed by atoms with van der Waals surface area (Å²) in [6.45, 7) is 8.58. The zero-order valence-corrected chi connectivity index (χ0v) is 12.8. The van der Waals surface area contributed by atoms with E-state index in [1.54, 1.807) is 0 Å². The van der Waals surface area contributed by atoms with Crippen molar-refractivity contribution in [3.63, 3.8) is 0 Å². The molecule has 2 N–H and O–H groups in total. The fraction of sp³-hybridized carbons (Fsp3) is 0.600. The van der Waals surface area contributed by atoms with E-state index in [1.165, 1.54) is 0 Å². The van der Waals surface area contributed by atoms with E-state index in [-0.39, 0.29) is 12.5 Å². The van der Waals surface area contributed by atoms with Gasteiger partial charge in [0, 0.05) is 50.5 Å². The third kappa shape index (κ3) is 4.15. The normalized spacial score (nSPS) is 16.0. The number of amides is 1. The molecule has 2 rings (SSSR count). The lowest BCUT2D eigenvalue weighted by molar-refractivity contribution is 0.0615. The van der Waals surface area contributed by atoms with E-state index in [0.29, 0.717) is 25.2 Å². The number of nitrogens with one attached hydrogen (secondary N) is 1. The van der Waals surface area contributed by atoms with Crippen LogP contribution >= 0.6 is 0 Å². The average Bonchev–Trinajstić information content (AvgIpc) is 2.47. The molecular weight excluding hydrogens is 268 g/mol. The van der Waals surface area contributed by atoms with Crippen molar-refractivity contribution in [3.8, 4) is 0 Å². The van der Waals surface area contributed by atoms with Crippen LogP contribution in [0.3, 0.4) is 0 Å². The first-order valence-electron chi connectivity index (χ1n) is 7.49. The third-order valence-corrected chi connectivity index (χ3v) is 3.63. The smallest absolute Gasteiger partial charge is 0.254 e. The number of aliphatic hydroxyl groups is 1. The summed E-state index contributed by atoms with van der Waals surface area (Å²) in [5, 5.41) is 12.1. The summed E-state index contributed by atoms with van der Waals surface area (Å²) in [4.78, 5) is 21.0. The van der Waals surface area contributed by atoms with Gasteiger partial charge in [0.25, 0.3) is 5.91 Å². The van der Waals surface area contributed by atoms with E-state index in [2.05, 4.69) is 15.2 Å². The lowest BCUT2D eigenvalue weighted by Crippen LogP contribution is -2.49. The monoisotopic (exact) mass is 292 g/mol. The Morgan fingerprint density at radius 3 is 2.67 bits per heavy atom. The van der Waals surface area contributed by atoms with Crippen LogP contribution in [0, 0.1) is 6.92 Å². The van der Waals surface area contributed by atoms with Crippen LogP contribution in [-0.2, 0) is 0 Å². The van der Waals surface area contributed by atoms with E-state index in [1.807, 2.05) is 30.9 Å². The Morgan fingerprint density at radius 2 is 2.05 bits per heavy atom. The summed E-state index contributed by atoms with van der Waals surface area (Å²) >= 11 is 0. The van der Waals surface area contributed by atoms with E-state index in [0.717, 1.165) is 31.1 Å². The highest BCUT2D eigenvalue weighted by Gasteiger charge is 2.22. The molecular formula is C15H24N4O2. The maximum atomic E-state index is 12.6. The summed E-state index contributed by atoms with van der Waals surface area (Å²) in [6.07, 6.45) is 0. The number of aromatic nitrogens is 1. The van der Waals surface area contributed by atoms with Crippen molar-refractivity contribution in [2.24, 2.45) is 0 Å². The number of carbonyl (C=O) groups is 1. The van der Waals surface area contributed by atoms with Gasteiger partial charge in [0.05, 0.1) is 6.61 Å². The fourth-order valence-corrected chi connectivity index (χ4v) is 2.56. The maximum Gasteiger partial charge on any atom is 0.254 e. The van der Waals surface area contributed by atoms with Gasteiger partial charge in [-0.25, -0.2) is 4.98 Å². The first-order chi connectivity index (χ1) is 10.1. The van der Waals surface area contributed by atoms with E-state index < -0.39 is 0 Å². The maximum absolute atomic E-state index is 12.6. The molecule has 1 amide bonds. The van der Waals surface area contributed by atoms with Crippen LogP contribution in [0.2, 0.25) is 0 Å². The van der Waals surface area contributed by atoms with Crippen molar-refractivity contribution in [1.29, 1.82) is 0 Å². The van der Waals surface area contributed by atoms with Crippen molar-refractivity contribution in [2.45, 2.75) is 13.8 Å². The predicted octanol–water partition coefficient (Wildman–Crippen LogP) is 0.572. The lowest BCUT2D eigenvalue weighted by atomic mass is 10.1. The average molecular weight is 292 g/mol. The molecule has 21 heavy (non-hydrogen) atoms. The second-order valence-electron chi connectivity index (χ2n) is 5.27. The van der Waals surface area contributed by atoms with Crippen molar-refractivity contribution in [3.05, 3.63) is 23.4 Å². The number of carbonyl (C=O) groups excluding carboxylic acids is 1. The molecule has 1 saturated heterocycles. The molecule has 0 saturated carbocycles. The Balaban J connectivity index is 2.03. The van der Waals surface area contributed by atoms with Crippen LogP contribution in [0.25, 0.3) is 0 Å². The van der Waals surface area contributed by atoms with Gasteiger partial charge in [-0.15, -0.1) is 0 Å². The van der Waals surface area contributed by atoms with Crippen LogP contribution < -0.4 is 5.32 Å². The fourth-order valence-electron chi connectivity index (χ4n) is 2.56. The van der Waals surface area contributed by atoms with Crippen LogP contribution in [0.4, 0.5) is 5.82 Å². The zero-order valence-electron chi connectivity index (χ0n) is 12.8. The van der Waals surface area contributed by atoms with Gasteiger partial charge in [-0.3, -0.25) is 9.69 Å². The predicted molar refractivity (Wildman–Crippen MR) is 82.6 cm³/mol. The van der Waals surface area contributed by atoms with Gasteiger partial charge >= 0.3 is 0 Å². The summed E-state index contributed by atoms with van der Waals surface area (Å²) in [5.41, 5.74) is 1.53. The zero-order chi connectivity index (χ0) is 15.2. The highest BCUT2D eigenvalue weighted by molar-refractivity contribution is 5.95. The van der Waals surface area contributed by atoms with Crippen LogP contribution in [0.5, 0.6) is 0 Å². The lowest BCUT2D eigenvalue weighted by Gasteiger charge is -2.34. The number of nitrogens with zero attached hydrogens (tertiary/aromatic N) is 3. The molecule has 2 heterocycles. The van der Waals surface area contributed by atoms with E-state index >= 15 is 0 Å². The van der Waals surface area contributed by atoms with Crippen molar-refractivity contribution >= 4 is 11.7 Å². The Morgan fingerprint density at radius 1 is 1.33 bits per heavy atom. The van der Waals surface area contributed by atoms with Gasteiger partial charge in [-0.1, -0.05) is 0 Å². The number of anilines is 1. The first-order valence-corrected chi connectivity index (χ1v) is 7.49. The quantitative estimate of drug-likeness (QED) is 0.830. The van der Waals surface area contributed by atoms with Gasteiger partial charge in [0.15, 0.2) is 0 Å². The Kier molecular flexibility index (Phi) is 5.52. The standard InChI is InChI=1S/C15H24N4O2/c1-3-16-14-11-13(10-12(2)17-14)15(21)19-6-4-18(5-7-19)8-9-20/h10-11,20H,3-9H2,1-2H3,(H,16,17). The second kappa shape index (κ2) is 7.38. The number of aliphatic hydroxyl groups excluding tert-OH is 1. The molecule has 1 aliphatic rings. The van der Waals surface area contributed by atoms with Crippen molar-refractivity contribution in [2.75, 3.05) is 51.2 Å². The summed E-state index contributed by atoms with van der Waals surface area (Å²) in [7, 11) is 0. The molecule has 0 unspecified atom stereocenters. The number of pyridine rings is 1. The molecule has 1 aromatic rings. The van der Waals surface area contributed by atoms with Gasteiger partial charge in [-0.2, -0.15) is 0 Å². The SMILES string of the molecule is CCNc1cc(C(=O)N2CCN(CCO)CC2)cc(C)n1.